The van der Waals surface area contributed by atoms with E-state index < -0.39 is 0 Å². The summed E-state index contributed by atoms with van der Waals surface area (Å²) in [6.07, 6.45) is 2.38. The van der Waals surface area contributed by atoms with E-state index in [-0.39, 0.29) is 0 Å². The number of nitrogens with one attached hydrogen (secondary N) is 1. The molecule has 0 amide bonds. The fraction of sp³-hybridized carbons (Fsp3) is 0.235. The van der Waals surface area contributed by atoms with E-state index in [1.54, 1.807) is 29.3 Å². The van der Waals surface area contributed by atoms with E-state index in [2.05, 4.69) is 37.3 Å². The van der Waals surface area contributed by atoms with E-state index in [1.807, 2.05) is 30.5 Å². The van der Waals surface area contributed by atoms with Gasteiger partial charge in [-0.15, -0.1) is 11.3 Å². The Bertz CT molecular complexity index is 964. The Kier molecular flexibility index (Phi) is 6.23. The maximum atomic E-state index is 5.64. The number of hydrogen-bond acceptors (Lipinski definition) is 6. The van der Waals surface area contributed by atoms with Gasteiger partial charge in [0.05, 0.1) is 24.4 Å². The number of H-pyrrole nitrogens is 1. The fourth-order valence-corrected chi connectivity index (χ4v) is 3.90. The minimum absolute atomic E-state index is 0.449. The molecule has 0 saturated heterocycles. The molecule has 0 aliphatic rings. The van der Waals surface area contributed by atoms with E-state index in [1.165, 1.54) is 4.88 Å². The lowest BCUT2D eigenvalue weighted by Gasteiger charge is -2.11. The standard InChI is InChI=1S/C17H17BrN4O2S2/c1-3-24-14-8-11(7-13(18)16(14)23-2)10-19-22-15(20-21-17(22)25)9-12-5-4-6-26-12/h4-8,10H,3,9H2,1-2H3,(H,21,25)/b19-10-. The zero-order valence-corrected chi connectivity index (χ0v) is 17.4. The zero-order valence-electron chi connectivity index (χ0n) is 14.2. The summed E-state index contributed by atoms with van der Waals surface area (Å²) >= 11 is 10.5. The largest absolute Gasteiger partial charge is 0.492 e. The number of aromatic nitrogens is 3. The first-order valence-electron chi connectivity index (χ1n) is 7.85. The number of benzene rings is 1. The summed E-state index contributed by atoms with van der Waals surface area (Å²) in [7, 11) is 1.61. The van der Waals surface area contributed by atoms with Gasteiger partial charge in [-0.05, 0) is 64.2 Å². The SMILES string of the molecule is CCOc1cc(/C=N\n2c(Cc3cccs3)n[nH]c2=S)cc(Br)c1OC. The van der Waals surface area contributed by atoms with Gasteiger partial charge in [-0.2, -0.15) is 14.9 Å². The predicted molar refractivity (Wildman–Crippen MR) is 109 cm³/mol. The number of rotatable bonds is 7. The summed E-state index contributed by atoms with van der Waals surface area (Å²) in [5, 5.41) is 13.6. The Morgan fingerprint density at radius 2 is 2.31 bits per heavy atom. The van der Waals surface area contributed by atoms with Gasteiger partial charge in [0.1, 0.15) is 0 Å². The van der Waals surface area contributed by atoms with Crippen molar-refractivity contribution in [2.75, 3.05) is 13.7 Å². The first-order chi connectivity index (χ1) is 12.6. The molecule has 0 bridgehead atoms. The lowest BCUT2D eigenvalue weighted by molar-refractivity contribution is 0.310. The summed E-state index contributed by atoms with van der Waals surface area (Å²) in [6.45, 7) is 2.47. The van der Waals surface area contributed by atoms with Crippen molar-refractivity contribution in [1.29, 1.82) is 0 Å². The van der Waals surface area contributed by atoms with Crippen molar-refractivity contribution in [2.24, 2.45) is 5.10 Å². The maximum absolute atomic E-state index is 5.64. The molecule has 1 N–H and O–H groups in total. The molecular formula is C17H17BrN4O2S2. The molecule has 0 radical (unpaired) electrons. The second-order valence-corrected chi connectivity index (χ2v) is 7.50. The number of methoxy groups -OCH3 is 1. The Balaban J connectivity index is 1.91. The molecule has 0 spiro atoms. The Morgan fingerprint density at radius 1 is 1.46 bits per heavy atom. The van der Waals surface area contributed by atoms with Crippen LogP contribution in [0.1, 0.15) is 23.2 Å². The second kappa shape index (κ2) is 8.61. The Hall–Kier alpha value is -1.97. The van der Waals surface area contributed by atoms with Crippen LogP contribution in [0, 0.1) is 4.77 Å². The van der Waals surface area contributed by atoms with Crippen LogP contribution in [0.2, 0.25) is 0 Å². The van der Waals surface area contributed by atoms with Crippen LogP contribution < -0.4 is 9.47 Å². The minimum atomic E-state index is 0.449. The van der Waals surface area contributed by atoms with E-state index in [4.69, 9.17) is 21.7 Å². The quantitative estimate of drug-likeness (QED) is 0.418. The van der Waals surface area contributed by atoms with Crippen LogP contribution in [-0.4, -0.2) is 34.8 Å². The summed E-state index contributed by atoms with van der Waals surface area (Å²) in [4.78, 5) is 1.20. The maximum Gasteiger partial charge on any atom is 0.216 e. The number of ether oxygens (including phenoxy) is 2. The topological polar surface area (TPSA) is 64.4 Å². The molecule has 136 valence electrons. The highest BCUT2D eigenvalue weighted by Gasteiger charge is 2.11. The smallest absolute Gasteiger partial charge is 0.216 e. The van der Waals surface area contributed by atoms with E-state index in [0.29, 0.717) is 29.3 Å². The molecule has 0 aliphatic heterocycles. The van der Waals surface area contributed by atoms with Crippen LogP contribution in [0.15, 0.2) is 39.2 Å². The van der Waals surface area contributed by atoms with Gasteiger partial charge >= 0.3 is 0 Å². The van der Waals surface area contributed by atoms with Crippen LogP contribution in [-0.2, 0) is 6.42 Å². The van der Waals surface area contributed by atoms with Crippen molar-refractivity contribution in [3.63, 3.8) is 0 Å². The molecule has 6 nitrogen and oxygen atoms in total. The summed E-state index contributed by atoms with van der Waals surface area (Å²) in [6, 6.07) is 7.86. The van der Waals surface area contributed by atoms with Crippen LogP contribution >= 0.6 is 39.5 Å². The predicted octanol–water partition coefficient (Wildman–Crippen LogP) is 4.64. The highest BCUT2D eigenvalue weighted by molar-refractivity contribution is 9.10. The van der Waals surface area contributed by atoms with E-state index in [0.717, 1.165) is 15.9 Å². The van der Waals surface area contributed by atoms with Gasteiger partial charge in [-0.3, -0.25) is 5.10 Å². The average molecular weight is 453 g/mol. The minimum Gasteiger partial charge on any atom is -0.492 e. The van der Waals surface area contributed by atoms with E-state index >= 15 is 0 Å². The van der Waals surface area contributed by atoms with Crippen molar-refractivity contribution in [1.82, 2.24) is 14.9 Å². The highest BCUT2D eigenvalue weighted by Crippen LogP contribution is 2.36. The Morgan fingerprint density at radius 3 is 3.00 bits per heavy atom. The van der Waals surface area contributed by atoms with Crippen molar-refractivity contribution in [2.45, 2.75) is 13.3 Å². The van der Waals surface area contributed by atoms with Crippen LogP contribution in [0.5, 0.6) is 11.5 Å². The molecule has 2 aromatic heterocycles. The molecule has 1 aromatic carbocycles. The monoisotopic (exact) mass is 452 g/mol. The first kappa shape index (κ1) is 18.8. The number of thiophene rings is 1. The van der Waals surface area contributed by atoms with Gasteiger partial charge in [-0.1, -0.05) is 6.07 Å². The molecule has 0 fully saturated rings. The van der Waals surface area contributed by atoms with Crippen molar-refractivity contribution in [3.05, 3.63) is 55.2 Å². The number of nitrogens with zero attached hydrogens (tertiary/aromatic N) is 3. The third-order valence-electron chi connectivity index (χ3n) is 3.49. The van der Waals surface area contributed by atoms with Crippen molar-refractivity contribution < 1.29 is 9.47 Å². The van der Waals surface area contributed by atoms with Crippen molar-refractivity contribution >= 4 is 45.7 Å². The summed E-state index contributed by atoms with van der Waals surface area (Å²) < 4.78 is 13.9. The van der Waals surface area contributed by atoms with Gasteiger partial charge < -0.3 is 9.47 Å². The third kappa shape index (κ3) is 4.22. The summed E-state index contributed by atoms with van der Waals surface area (Å²) in [5.41, 5.74) is 0.853. The average Bonchev–Trinajstić information content (AvgIpc) is 3.24. The molecule has 0 saturated carbocycles. The first-order valence-corrected chi connectivity index (χ1v) is 9.93. The number of halogens is 1. The Labute approximate surface area is 168 Å². The van der Waals surface area contributed by atoms with Gasteiger partial charge in [0.15, 0.2) is 17.3 Å². The van der Waals surface area contributed by atoms with Crippen LogP contribution in [0.25, 0.3) is 0 Å². The van der Waals surface area contributed by atoms with Gasteiger partial charge in [0.25, 0.3) is 0 Å². The third-order valence-corrected chi connectivity index (χ3v) is 5.22. The van der Waals surface area contributed by atoms with Gasteiger partial charge in [0.2, 0.25) is 4.77 Å². The molecule has 26 heavy (non-hydrogen) atoms. The number of aromatic amines is 1. The van der Waals surface area contributed by atoms with Crippen LogP contribution in [0.4, 0.5) is 0 Å². The molecule has 0 unspecified atom stereocenters. The molecule has 3 aromatic rings. The van der Waals surface area contributed by atoms with Gasteiger partial charge in [0, 0.05) is 11.3 Å². The fourth-order valence-electron chi connectivity index (χ4n) is 2.37. The number of hydrogen-bond donors (Lipinski definition) is 1. The van der Waals surface area contributed by atoms with Crippen molar-refractivity contribution in [3.8, 4) is 11.5 Å². The lowest BCUT2D eigenvalue weighted by Crippen LogP contribution is -2.00. The van der Waals surface area contributed by atoms with E-state index in [9.17, 15) is 0 Å². The molecule has 3 rings (SSSR count). The zero-order chi connectivity index (χ0) is 18.5. The second-order valence-electron chi connectivity index (χ2n) is 5.22. The molecule has 0 aliphatic carbocycles. The van der Waals surface area contributed by atoms with Gasteiger partial charge in [-0.25, -0.2) is 0 Å². The molecular weight excluding hydrogens is 436 g/mol. The highest BCUT2D eigenvalue weighted by atomic mass is 79.9. The normalized spacial score (nSPS) is 11.2. The molecule has 2 heterocycles. The summed E-state index contributed by atoms with van der Waals surface area (Å²) in [5.74, 6) is 2.06. The van der Waals surface area contributed by atoms with Crippen LogP contribution in [0.3, 0.4) is 0 Å². The molecule has 9 heteroatoms. The molecule has 0 atom stereocenters. The lowest BCUT2D eigenvalue weighted by atomic mass is 10.2.